The molecule has 0 unspecified atom stereocenters. The number of hydrogen-bond acceptors (Lipinski definition) is 5. The van der Waals surface area contributed by atoms with Crippen molar-refractivity contribution in [1.29, 1.82) is 0 Å². The molecular formula is C20H17N3O2S. The van der Waals surface area contributed by atoms with Crippen LogP contribution in [0.1, 0.15) is 5.76 Å². The molecule has 1 aromatic carbocycles. The monoisotopic (exact) mass is 363 g/mol. The van der Waals surface area contributed by atoms with E-state index in [1.165, 1.54) is 0 Å². The molecule has 26 heavy (non-hydrogen) atoms. The van der Waals surface area contributed by atoms with Gasteiger partial charge in [0.1, 0.15) is 11.5 Å². The zero-order valence-corrected chi connectivity index (χ0v) is 15.0. The standard InChI is InChI=1S/C20H17N3O2S/c1-24-19-9-3-2-8-17(19)18-14-26-20(22-15-6-4-10-21-12-15)23(18)13-16-7-5-11-25-16/h2-12,14H,13H2,1H3. The summed E-state index contributed by atoms with van der Waals surface area (Å²) in [6.45, 7) is 0.586. The largest absolute Gasteiger partial charge is 0.496 e. The quantitative estimate of drug-likeness (QED) is 0.525. The second-order valence-electron chi connectivity index (χ2n) is 5.59. The van der Waals surface area contributed by atoms with Crippen LogP contribution >= 0.6 is 11.3 Å². The minimum absolute atomic E-state index is 0.586. The summed E-state index contributed by atoms with van der Waals surface area (Å²) < 4.78 is 13.2. The number of para-hydroxylation sites is 1. The number of nitrogens with zero attached hydrogens (tertiary/aromatic N) is 3. The Hall–Kier alpha value is -3.12. The van der Waals surface area contributed by atoms with Crippen molar-refractivity contribution < 1.29 is 9.15 Å². The highest BCUT2D eigenvalue weighted by molar-refractivity contribution is 7.07. The van der Waals surface area contributed by atoms with Gasteiger partial charge in [0, 0.05) is 17.1 Å². The summed E-state index contributed by atoms with van der Waals surface area (Å²) in [5.41, 5.74) is 2.87. The molecular weight excluding hydrogens is 346 g/mol. The van der Waals surface area contributed by atoms with Crippen molar-refractivity contribution in [2.45, 2.75) is 6.54 Å². The van der Waals surface area contributed by atoms with Crippen LogP contribution in [-0.2, 0) is 6.54 Å². The van der Waals surface area contributed by atoms with Crippen molar-refractivity contribution in [2.24, 2.45) is 4.99 Å². The molecule has 3 heterocycles. The smallest absolute Gasteiger partial charge is 0.190 e. The lowest BCUT2D eigenvalue weighted by atomic mass is 10.1. The first-order valence-corrected chi connectivity index (χ1v) is 9.02. The second-order valence-corrected chi connectivity index (χ2v) is 6.43. The van der Waals surface area contributed by atoms with Gasteiger partial charge < -0.3 is 13.7 Å². The minimum Gasteiger partial charge on any atom is -0.496 e. The summed E-state index contributed by atoms with van der Waals surface area (Å²) in [6.07, 6.45) is 5.17. The Morgan fingerprint density at radius 2 is 2.08 bits per heavy atom. The fourth-order valence-corrected chi connectivity index (χ4v) is 3.65. The third-order valence-electron chi connectivity index (χ3n) is 3.95. The van der Waals surface area contributed by atoms with Gasteiger partial charge in [-0.25, -0.2) is 4.99 Å². The molecule has 0 aliphatic carbocycles. The van der Waals surface area contributed by atoms with Gasteiger partial charge in [-0.2, -0.15) is 0 Å². The van der Waals surface area contributed by atoms with E-state index >= 15 is 0 Å². The molecule has 0 aliphatic heterocycles. The van der Waals surface area contributed by atoms with Gasteiger partial charge in [-0.15, -0.1) is 11.3 Å². The minimum atomic E-state index is 0.586. The Bertz CT molecular complexity index is 1050. The number of methoxy groups -OCH3 is 1. The molecule has 130 valence electrons. The predicted molar refractivity (Wildman–Crippen MR) is 102 cm³/mol. The summed E-state index contributed by atoms with van der Waals surface area (Å²) >= 11 is 1.58. The Kier molecular flexibility index (Phi) is 4.66. The van der Waals surface area contributed by atoms with E-state index < -0.39 is 0 Å². The zero-order valence-electron chi connectivity index (χ0n) is 14.2. The number of furan rings is 1. The van der Waals surface area contributed by atoms with Crippen molar-refractivity contribution in [1.82, 2.24) is 9.55 Å². The van der Waals surface area contributed by atoms with Crippen molar-refractivity contribution in [3.63, 3.8) is 0 Å². The van der Waals surface area contributed by atoms with E-state index in [4.69, 9.17) is 14.1 Å². The van der Waals surface area contributed by atoms with Gasteiger partial charge in [-0.3, -0.25) is 4.98 Å². The molecule has 4 aromatic rings. The molecule has 0 saturated carbocycles. The van der Waals surface area contributed by atoms with Crippen LogP contribution in [0.3, 0.4) is 0 Å². The molecule has 0 amide bonds. The van der Waals surface area contributed by atoms with E-state index in [1.54, 1.807) is 37.1 Å². The Morgan fingerprint density at radius 3 is 2.85 bits per heavy atom. The zero-order chi connectivity index (χ0) is 17.8. The highest BCUT2D eigenvalue weighted by Gasteiger charge is 2.13. The van der Waals surface area contributed by atoms with E-state index in [1.807, 2.05) is 48.5 Å². The van der Waals surface area contributed by atoms with E-state index in [9.17, 15) is 0 Å². The molecule has 0 aliphatic rings. The molecule has 0 fully saturated rings. The van der Waals surface area contributed by atoms with Gasteiger partial charge in [-0.1, -0.05) is 12.1 Å². The van der Waals surface area contributed by atoms with E-state index in [0.29, 0.717) is 6.54 Å². The summed E-state index contributed by atoms with van der Waals surface area (Å²) in [4.78, 5) is 9.77. The average Bonchev–Trinajstić information content (AvgIpc) is 3.34. The highest BCUT2D eigenvalue weighted by Crippen LogP contribution is 2.30. The van der Waals surface area contributed by atoms with E-state index in [0.717, 1.165) is 33.3 Å². The number of pyridine rings is 1. The maximum Gasteiger partial charge on any atom is 0.190 e. The fourth-order valence-electron chi connectivity index (χ4n) is 2.73. The number of hydrogen-bond donors (Lipinski definition) is 0. The third kappa shape index (κ3) is 3.32. The molecule has 5 nitrogen and oxygen atoms in total. The van der Waals surface area contributed by atoms with Crippen LogP contribution in [0.2, 0.25) is 0 Å². The second kappa shape index (κ2) is 7.41. The van der Waals surface area contributed by atoms with E-state index in [-0.39, 0.29) is 0 Å². The predicted octanol–water partition coefficient (Wildman–Crippen LogP) is 4.49. The molecule has 0 saturated heterocycles. The molecule has 3 aromatic heterocycles. The van der Waals surface area contributed by atoms with Crippen molar-refractivity contribution >= 4 is 17.0 Å². The van der Waals surface area contributed by atoms with Crippen molar-refractivity contribution in [2.75, 3.05) is 7.11 Å². The van der Waals surface area contributed by atoms with Crippen LogP contribution in [0.5, 0.6) is 5.75 Å². The van der Waals surface area contributed by atoms with Crippen LogP contribution in [-0.4, -0.2) is 16.7 Å². The molecule has 0 bridgehead atoms. The van der Waals surface area contributed by atoms with Crippen LogP contribution < -0.4 is 9.54 Å². The van der Waals surface area contributed by atoms with E-state index in [2.05, 4.69) is 14.9 Å². The molecule has 0 spiro atoms. The molecule has 0 N–H and O–H groups in total. The maximum atomic E-state index is 5.56. The fraction of sp³-hybridized carbons (Fsp3) is 0.100. The first-order valence-electron chi connectivity index (χ1n) is 8.14. The Balaban J connectivity index is 1.88. The average molecular weight is 363 g/mol. The summed E-state index contributed by atoms with van der Waals surface area (Å²) in [5, 5.41) is 2.09. The topological polar surface area (TPSA) is 52.6 Å². The number of thiazole rings is 1. The third-order valence-corrected chi connectivity index (χ3v) is 4.81. The van der Waals surface area contributed by atoms with Gasteiger partial charge in [0.15, 0.2) is 4.80 Å². The van der Waals surface area contributed by atoms with Gasteiger partial charge in [-0.05, 0) is 36.4 Å². The first-order chi connectivity index (χ1) is 12.8. The van der Waals surface area contributed by atoms with Gasteiger partial charge >= 0.3 is 0 Å². The number of benzene rings is 1. The van der Waals surface area contributed by atoms with Crippen molar-refractivity contribution in [3.8, 4) is 17.0 Å². The van der Waals surface area contributed by atoms with Crippen LogP contribution in [0.25, 0.3) is 11.3 Å². The summed E-state index contributed by atoms with van der Waals surface area (Å²) in [7, 11) is 1.68. The normalized spacial score (nSPS) is 11.7. The Labute approximate surface area is 154 Å². The molecule has 6 heteroatoms. The van der Waals surface area contributed by atoms with Crippen LogP contribution in [0, 0.1) is 0 Å². The molecule has 0 radical (unpaired) electrons. The highest BCUT2D eigenvalue weighted by atomic mass is 32.1. The van der Waals surface area contributed by atoms with Gasteiger partial charge in [0.2, 0.25) is 0 Å². The van der Waals surface area contributed by atoms with Crippen molar-refractivity contribution in [3.05, 3.63) is 83.1 Å². The van der Waals surface area contributed by atoms with Gasteiger partial charge in [0.05, 0.1) is 37.5 Å². The maximum absolute atomic E-state index is 5.56. The molecule has 4 rings (SSSR count). The summed E-state index contributed by atoms with van der Waals surface area (Å²) in [6, 6.07) is 15.7. The van der Waals surface area contributed by atoms with Gasteiger partial charge in [0.25, 0.3) is 0 Å². The lowest BCUT2D eigenvalue weighted by molar-refractivity contribution is 0.416. The lowest BCUT2D eigenvalue weighted by Crippen LogP contribution is -2.16. The summed E-state index contributed by atoms with van der Waals surface area (Å²) in [5.74, 6) is 1.69. The Morgan fingerprint density at radius 1 is 1.15 bits per heavy atom. The first kappa shape index (κ1) is 16.4. The molecule has 0 atom stereocenters. The van der Waals surface area contributed by atoms with Crippen LogP contribution in [0.4, 0.5) is 5.69 Å². The number of ether oxygens (including phenoxy) is 1. The van der Waals surface area contributed by atoms with Crippen LogP contribution in [0.15, 0.2) is 82.0 Å². The number of aromatic nitrogens is 2. The number of rotatable bonds is 5. The lowest BCUT2D eigenvalue weighted by Gasteiger charge is -2.11. The SMILES string of the molecule is COc1ccccc1-c1csc(=Nc2cccnc2)n1Cc1ccco1.